The predicted octanol–water partition coefficient (Wildman–Crippen LogP) is -1.51. The number of fused-ring (bicyclic) bond motifs is 1. The summed E-state index contributed by atoms with van der Waals surface area (Å²) in [6.07, 6.45) is -6.49. The number of aliphatic hydroxyl groups is 2. The van der Waals surface area contributed by atoms with Crippen LogP contribution >= 0.6 is 23.5 Å². The molecular weight excluding hydrogens is 550 g/mol. The Labute approximate surface area is 192 Å². The summed E-state index contributed by atoms with van der Waals surface area (Å²) in [5.41, 5.74) is -2.70. The number of nitrogens with one attached hydrogen (secondary N) is 1. The largest absolute Gasteiger partial charge is 0.490 e. The molecule has 35 heavy (non-hydrogen) atoms. The van der Waals surface area contributed by atoms with Crippen molar-refractivity contribution >= 4 is 34.5 Å². The first-order valence-electron chi connectivity index (χ1n) is 9.02. The van der Waals surface area contributed by atoms with Gasteiger partial charge in [0.05, 0.1) is 17.7 Å². The smallest absolute Gasteiger partial charge is 0.387 e. The Balaban J connectivity index is 1.80. The fraction of sp³-hybridized carbons (Fsp3) is 0.462. The molecule has 2 aromatic heterocycles. The second-order valence-corrected chi connectivity index (χ2v) is 11.4. The molecule has 3 rings (SSSR count). The molecule has 3 unspecified atom stereocenters. The lowest BCUT2D eigenvalue weighted by atomic mass is 10.1. The Hall–Kier alpha value is -1.69. The van der Waals surface area contributed by atoms with Gasteiger partial charge in [-0.1, -0.05) is 0 Å². The Morgan fingerprint density at radius 2 is 1.74 bits per heavy atom. The third-order valence-electron chi connectivity index (χ3n) is 4.46. The molecule has 6 atom stereocenters. The van der Waals surface area contributed by atoms with Crippen molar-refractivity contribution in [1.82, 2.24) is 14.5 Å². The average molecular weight is 567 g/mol. The molecule has 22 heteroatoms. The number of aromatic nitrogens is 3. The lowest BCUT2D eigenvalue weighted by Gasteiger charge is -2.19. The van der Waals surface area contributed by atoms with E-state index in [1.807, 2.05) is 0 Å². The number of halogens is 1. The number of aryl methyl sites for hydroxylation is 1. The van der Waals surface area contributed by atoms with Crippen LogP contribution in [0, 0.1) is 12.7 Å². The highest BCUT2D eigenvalue weighted by molar-refractivity contribution is 7.66. The standard InChI is InChI=1S/C13H17FN3O15P3/c1-4-7(14)8(18)5-2-17(13(21)16-11(5)15-4)12-10(20)9(19)6(30-12)3-29-34(25,26)32-35(27,28)31-33(22,23)24/h2,6,9-10,12,19-20H,3H2,1H3,(H,25,26)(H,27,28)(H,15,16,21)(H2,22,23,24)/t6-,9?,10+,12-/m1/s1. The van der Waals surface area contributed by atoms with Gasteiger partial charge in [0.25, 0.3) is 0 Å². The van der Waals surface area contributed by atoms with Gasteiger partial charge in [-0.25, -0.2) is 22.9 Å². The monoisotopic (exact) mass is 567 g/mol. The number of ether oxygens (including phenoxy) is 1. The van der Waals surface area contributed by atoms with E-state index in [0.29, 0.717) is 4.57 Å². The maximum atomic E-state index is 13.9. The van der Waals surface area contributed by atoms with Crippen LogP contribution in [0.1, 0.15) is 11.9 Å². The predicted molar refractivity (Wildman–Crippen MR) is 107 cm³/mol. The fourth-order valence-corrected chi connectivity index (χ4v) is 6.03. The van der Waals surface area contributed by atoms with Crippen LogP contribution in [0.15, 0.2) is 15.8 Å². The highest BCUT2D eigenvalue weighted by Crippen LogP contribution is 2.66. The van der Waals surface area contributed by atoms with E-state index < -0.39 is 76.9 Å². The van der Waals surface area contributed by atoms with E-state index >= 15 is 0 Å². The SMILES string of the molecule is Cc1[nH]c2nc(=O)n([C@@H]3O[C@H](COP(=O)(O)OP(=O)(O)OP(=O)(O)O)C(O)[C@@H]3O)cc2c(=O)c1F. The van der Waals surface area contributed by atoms with E-state index in [1.165, 1.54) is 6.92 Å². The molecule has 0 amide bonds. The Morgan fingerprint density at radius 1 is 1.11 bits per heavy atom. The summed E-state index contributed by atoms with van der Waals surface area (Å²) in [6, 6.07) is 0. The molecule has 7 N–H and O–H groups in total. The molecule has 1 aliphatic heterocycles. The number of nitrogens with zero attached hydrogens (tertiary/aromatic N) is 2. The summed E-state index contributed by atoms with van der Waals surface area (Å²) >= 11 is 0. The molecule has 0 bridgehead atoms. The topological polar surface area (TPSA) is 277 Å². The van der Waals surface area contributed by atoms with Gasteiger partial charge < -0.3 is 39.5 Å². The molecule has 0 aromatic carbocycles. The van der Waals surface area contributed by atoms with Crippen LogP contribution in [-0.4, -0.2) is 69.2 Å². The van der Waals surface area contributed by atoms with Gasteiger partial charge in [-0.2, -0.15) is 13.6 Å². The number of aromatic amines is 1. The van der Waals surface area contributed by atoms with Crippen molar-refractivity contribution in [1.29, 1.82) is 0 Å². The van der Waals surface area contributed by atoms with Crippen LogP contribution in [-0.2, 0) is 31.6 Å². The van der Waals surface area contributed by atoms with E-state index in [9.17, 15) is 42.8 Å². The third kappa shape index (κ3) is 6.36. The first-order chi connectivity index (χ1) is 15.9. The van der Waals surface area contributed by atoms with Gasteiger partial charge in [0.2, 0.25) is 5.43 Å². The van der Waals surface area contributed by atoms with Crippen molar-refractivity contribution < 1.29 is 65.8 Å². The first-order valence-corrected chi connectivity index (χ1v) is 13.5. The van der Waals surface area contributed by atoms with Crippen LogP contribution in [0.5, 0.6) is 0 Å². The molecular formula is C13H17FN3O15P3. The number of hydrogen-bond acceptors (Lipinski definition) is 12. The maximum absolute atomic E-state index is 13.9. The van der Waals surface area contributed by atoms with E-state index in [4.69, 9.17) is 19.4 Å². The van der Waals surface area contributed by atoms with Gasteiger partial charge in [0.1, 0.15) is 24.0 Å². The van der Waals surface area contributed by atoms with Crippen LogP contribution in [0.25, 0.3) is 11.0 Å². The van der Waals surface area contributed by atoms with E-state index in [-0.39, 0.29) is 11.3 Å². The van der Waals surface area contributed by atoms with Crippen molar-refractivity contribution in [3.63, 3.8) is 0 Å². The van der Waals surface area contributed by atoms with Gasteiger partial charge in [-0.05, 0) is 6.92 Å². The molecule has 1 aliphatic rings. The zero-order valence-corrected chi connectivity index (χ0v) is 19.7. The minimum atomic E-state index is -5.80. The van der Waals surface area contributed by atoms with Gasteiger partial charge in [-0.15, -0.1) is 0 Å². The molecule has 0 radical (unpaired) electrons. The van der Waals surface area contributed by atoms with Crippen molar-refractivity contribution in [3.8, 4) is 0 Å². The number of phosphoric ester groups is 1. The molecule has 1 saturated heterocycles. The van der Waals surface area contributed by atoms with Crippen molar-refractivity contribution in [2.75, 3.05) is 6.61 Å². The summed E-state index contributed by atoms with van der Waals surface area (Å²) in [6.45, 7) is 0.0916. The number of aliphatic hydroxyl groups excluding tert-OH is 2. The number of hydrogen-bond donors (Lipinski definition) is 7. The molecule has 2 aromatic rings. The van der Waals surface area contributed by atoms with Crippen LogP contribution < -0.4 is 11.1 Å². The number of H-pyrrole nitrogens is 1. The number of rotatable bonds is 8. The minimum absolute atomic E-state index is 0.189. The summed E-state index contributed by atoms with van der Waals surface area (Å²) in [5.74, 6) is -1.16. The maximum Gasteiger partial charge on any atom is 0.490 e. The van der Waals surface area contributed by atoms with Gasteiger partial charge >= 0.3 is 29.2 Å². The summed E-state index contributed by atoms with van der Waals surface area (Å²) in [4.78, 5) is 66.1. The van der Waals surface area contributed by atoms with Gasteiger partial charge in [0, 0.05) is 6.20 Å². The zero-order chi connectivity index (χ0) is 26.5. The van der Waals surface area contributed by atoms with Gasteiger partial charge in [-0.3, -0.25) is 13.9 Å². The Morgan fingerprint density at radius 3 is 2.34 bits per heavy atom. The third-order valence-corrected chi connectivity index (χ3v) is 8.26. The molecule has 1 fully saturated rings. The Kier molecular flexibility index (Phi) is 7.68. The lowest BCUT2D eigenvalue weighted by Crippen LogP contribution is -2.36. The normalized spacial score (nSPS) is 26.5. The average Bonchev–Trinajstić information content (AvgIpc) is 2.96. The summed E-state index contributed by atoms with van der Waals surface area (Å²) in [7, 11) is -17.0. The van der Waals surface area contributed by atoms with Gasteiger partial charge in [0.15, 0.2) is 12.0 Å². The molecule has 3 heterocycles. The quantitative estimate of drug-likeness (QED) is 0.179. The van der Waals surface area contributed by atoms with Crippen LogP contribution in [0.3, 0.4) is 0 Å². The number of phosphoric acid groups is 3. The van der Waals surface area contributed by atoms with Crippen molar-refractivity contribution in [2.24, 2.45) is 0 Å². The number of pyridine rings is 1. The molecule has 0 aliphatic carbocycles. The molecule has 196 valence electrons. The lowest BCUT2D eigenvalue weighted by molar-refractivity contribution is -0.0539. The zero-order valence-electron chi connectivity index (χ0n) is 17.1. The minimum Gasteiger partial charge on any atom is -0.387 e. The Bertz CT molecular complexity index is 1400. The molecule has 18 nitrogen and oxygen atoms in total. The fourth-order valence-electron chi connectivity index (χ4n) is 3.00. The highest BCUT2D eigenvalue weighted by Gasteiger charge is 2.47. The second-order valence-electron chi connectivity index (χ2n) is 7.02. The first kappa shape index (κ1) is 27.9. The summed E-state index contributed by atoms with van der Waals surface area (Å²) in [5, 5.41) is 20.0. The van der Waals surface area contributed by atoms with Crippen LogP contribution in [0.4, 0.5) is 4.39 Å². The van der Waals surface area contributed by atoms with E-state index in [1.54, 1.807) is 0 Å². The molecule has 0 spiro atoms. The van der Waals surface area contributed by atoms with E-state index in [2.05, 4.69) is 23.1 Å². The van der Waals surface area contributed by atoms with E-state index in [0.717, 1.165) is 6.20 Å². The van der Waals surface area contributed by atoms with Crippen molar-refractivity contribution in [2.45, 2.75) is 31.5 Å². The van der Waals surface area contributed by atoms with Crippen molar-refractivity contribution in [3.05, 3.63) is 38.4 Å². The van der Waals surface area contributed by atoms with Crippen LogP contribution in [0.2, 0.25) is 0 Å². The summed E-state index contributed by atoms with van der Waals surface area (Å²) < 4.78 is 64.9. The highest BCUT2D eigenvalue weighted by atomic mass is 31.3. The second kappa shape index (κ2) is 9.64. The molecule has 0 saturated carbocycles.